The van der Waals surface area contributed by atoms with E-state index in [-0.39, 0.29) is 11.7 Å². The van der Waals surface area contributed by atoms with Gasteiger partial charge >= 0.3 is 0 Å². The first-order chi connectivity index (χ1) is 15.0. The summed E-state index contributed by atoms with van der Waals surface area (Å²) in [5.41, 5.74) is 10.7. The van der Waals surface area contributed by atoms with Crippen LogP contribution in [0.3, 0.4) is 0 Å². The van der Waals surface area contributed by atoms with Crippen LogP contribution >= 0.6 is 15.9 Å². The molecule has 0 spiro atoms. The van der Waals surface area contributed by atoms with Crippen molar-refractivity contribution in [3.63, 3.8) is 0 Å². The summed E-state index contributed by atoms with van der Waals surface area (Å²) in [4.78, 5) is 8.52. The minimum absolute atomic E-state index is 0.0518. The van der Waals surface area contributed by atoms with Gasteiger partial charge in [-0.2, -0.15) is 0 Å². The maximum absolute atomic E-state index is 10.7. The molecule has 0 saturated heterocycles. The number of aromatic hydroxyl groups is 1. The fourth-order valence-electron chi connectivity index (χ4n) is 3.16. The molecular formula is C25H20BrN3O2. The highest BCUT2D eigenvalue weighted by molar-refractivity contribution is 9.10. The van der Waals surface area contributed by atoms with Crippen molar-refractivity contribution < 1.29 is 9.84 Å². The topological polar surface area (TPSA) is 81.3 Å². The Morgan fingerprint density at radius 1 is 1.00 bits per heavy atom. The highest BCUT2D eigenvalue weighted by Gasteiger charge is 2.15. The molecule has 0 aliphatic heterocycles. The quantitative estimate of drug-likeness (QED) is 0.354. The zero-order chi connectivity index (χ0) is 21.8. The monoisotopic (exact) mass is 473 g/mol. The third-order valence-electron chi connectivity index (χ3n) is 4.81. The second-order valence-corrected chi connectivity index (χ2v) is 7.83. The van der Waals surface area contributed by atoms with Crippen LogP contribution in [0.4, 0.5) is 5.95 Å². The molecule has 1 aromatic heterocycles. The van der Waals surface area contributed by atoms with Crippen LogP contribution in [0.5, 0.6) is 11.5 Å². The van der Waals surface area contributed by atoms with Gasteiger partial charge in [-0.1, -0.05) is 65.0 Å². The van der Waals surface area contributed by atoms with E-state index in [1.165, 1.54) is 0 Å². The van der Waals surface area contributed by atoms with Gasteiger partial charge in [0.15, 0.2) is 0 Å². The van der Waals surface area contributed by atoms with E-state index in [0.717, 1.165) is 26.7 Å². The van der Waals surface area contributed by atoms with Crippen molar-refractivity contribution in [3.8, 4) is 33.9 Å². The number of nitrogens with two attached hydrogens (primary N) is 1. The maximum atomic E-state index is 10.7. The predicted molar refractivity (Wildman–Crippen MR) is 128 cm³/mol. The molecule has 154 valence electrons. The van der Waals surface area contributed by atoms with Gasteiger partial charge < -0.3 is 15.6 Å². The average molecular weight is 474 g/mol. The molecule has 0 fully saturated rings. The van der Waals surface area contributed by atoms with Crippen LogP contribution in [0.15, 0.2) is 84.0 Å². The summed E-state index contributed by atoms with van der Waals surface area (Å²) in [6.45, 7) is 4.14. The lowest BCUT2D eigenvalue weighted by Crippen LogP contribution is -1.99. The number of halogens is 1. The summed E-state index contributed by atoms with van der Waals surface area (Å²) < 4.78 is 6.81. The number of rotatable bonds is 6. The van der Waals surface area contributed by atoms with Crippen LogP contribution in [-0.2, 0) is 6.61 Å². The minimum Gasteiger partial charge on any atom is -0.507 e. The van der Waals surface area contributed by atoms with Gasteiger partial charge in [0.05, 0.1) is 5.69 Å². The number of phenols is 1. The minimum atomic E-state index is 0.0518. The third kappa shape index (κ3) is 4.75. The summed E-state index contributed by atoms with van der Waals surface area (Å²) >= 11 is 3.44. The van der Waals surface area contributed by atoms with Gasteiger partial charge in [-0.15, -0.1) is 0 Å². The first-order valence-corrected chi connectivity index (χ1v) is 10.4. The fraction of sp³-hybridized carbons (Fsp3) is 0.0400. The standard InChI is InChI=1S/C25H20BrN3O2/c1-2-16-3-5-17(6-4-16)15-31-20-11-12-21(23(30)13-20)24-22(14-28-25(27)29-24)18-7-9-19(26)10-8-18/h2-14,30H,1,15H2,(H2,27,28,29). The number of anilines is 1. The molecule has 4 aromatic rings. The van der Waals surface area contributed by atoms with Crippen molar-refractivity contribution in [1.82, 2.24) is 9.97 Å². The smallest absolute Gasteiger partial charge is 0.220 e. The third-order valence-corrected chi connectivity index (χ3v) is 5.34. The van der Waals surface area contributed by atoms with Gasteiger partial charge in [0.2, 0.25) is 5.95 Å². The van der Waals surface area contributed by atoms with Crippen LogP contribution in [0.2, 0.25) is 0 Å². The van der Waals surface area contributed by atoms with Gasteiger partial charge in [-0.05, 0) is 41.0 Å². The number of phenolic OH excluding ortho intramolecular Hbond substituents is 1. The van der Waals surface area contributed by atoms with E-state index >= 15 is 0 Å². The van der Waals surface area contributed by atoms with Crippen LogP contribution in [0.1, 0.15) is 11.1 Å². The normalized spacial score (nSPS) is 10.6. The molecule has 0 bridgehead atoms. The lowest BCUT2D eigenvalue weighted by Gasteiger charge is -2.13. The van der Waals surface area contributed by atoms with Crippen LogP contribution in [-0.4, -0.2) is 15.1 Å². The Bertz CT molecular complexity index is 1220. The number of nitrogen functional groups attached to an aromatic ring is 1. The molecule has 0 radical (unpaired) electrons. The van der Waals surface area contributed by atoms with Gasteiger partial charge in [-0.25, -0.2) is 9.97 Å². The van der Waals surface area contributed by atoms with Gasteiger partial charge in [-0.3, -0.25) is 0 Å². The lowest BCUT2D eigenvalue weighted by molar-refractivity contribution is 0.304. The highest BCUT2D eigenvalue weighted by Crippen LogP contribution is 2.37. The summed E-state index contributed by atoms with van der Waals surface area (Å²) in [5.74, 6) is 0.746. The number of benzene rings is 3. The molecule has 0 aliphatic rings. The van der Waals surface area contributed by atoms with Gasteiger partial charge in [0, 0.05) is 27.9 Å². The zero-order valence-electron chi connectivity index (χ0n) is 16.6. The molecule has 31 heavy (non-hydrogen) atoms. The van der Waals surface area contributed by atoms with E-state index in [0.29, 0.717) is 23.6 Å². The molecule has 6 heteroatoms. The van der Waals surface area contributed by atoms with Crippen molar-refractivity contribution in [2.45, 2.75) is 6.61 Å². The number of ether oxygens (including phenoxy) is 1. The van der Waals surface area contributed by atoms with E-state index in [4.69, 9.17) is 10.5 Å². The Morgan fingerprint density at radius 2 is 1.74 bits per heavy atom. The SMILES string of the molecule is C=Cc1ccc(COc2ccc(-c3nc(N)ncc3-c3ccc(Br)cc3)c(O)c2)cc1. The largest absolute Gasteiger partial charge is 0.507 e. The summed E-state index contributed by atoms with van der Waals surface area (Å²) in [7, 11) is 0. The Kier molecular flexibility index (Phi) is 6.00. The Morgan fingerprint density at radius 3 is 2.42 bits per heavy atom. The first-order valence-electron chi connectivity index (χ1n) is 9.59. The van der Waals surface area contributed by atoms with Crippen LogP contribution in [0.25, 0.3) is 28.5 Å². The molecule has 0 amide bonds. The molecule has 5 nitrogen and oxygen atoms in total. The van der Waals surface area contributed by atoms with Crippen molar-refractivity contribution in [2.75, 3.05) is 5.73 Å². The van der Waals surface area contributed by atoms with Crippen molar-refractivity contribution in [2.24, 2.45) is 0 Å². The summed E-state index contributed by atoms with van der Waals surface area (Å²) in [5, 5.41) is 10.7. The molecular weight excluding hydrogens is 454 g/mol. The molecule has 3 aromatic carbocycles. The predicted octanol–water partition coefficient (Wildman–Crippen LogP) is 6.08. The summed E-state index contributed by atoms with van der Waals surface area (Å²) in [6, 6.07) is 20.9. The van der Waals surface area contributed by atoms with Crippen LogP contribution < -0.4 is 10.5 Å². The van der Waals surface area contributed by atoms with Crippen molar-refractivity contribution in [1.29, 1.82) is 0 Å². The Balaban J connectivity index is 1.61. The van der Waals surface area contributed by atoms with E-state index in [1.807, 2.05) is 48.5 Å². The maximum Gasteiger partial charge on any atom is 0.220 e. The Hall–Kier alpha value is -3.64. The molecule has 0 unspecified atom stereocenters. The lowest BCUT2D eigenvalue weighted by atomic mass is 10.00. The van der Waals surface area contributed by atoms with Gasteiger partial charge in [0.25, 0.3) is 0 Å². The van der Waals surface area contributed by atoms with E-state index in [1.54, 1.807) is 30.5 Å². The second kappa shape index (κ2) is 9.02. The van der Waals surface area contributed by atoms with E-state index < -0.39 is 0 Å². The van der Waals surface area contributed by atoms with E-state index in [9.17, 15) is 5.11 Å². The molecule has 0 aliphatic carbocycles. The summed E-state index contributed by atoms with van der Waals surface area (Å²) in [6.07, 6.45) is 3.46. The van der Waals surface area contributed by atoms with Crippen molar-refractivity contribution >= 4 is 28.0 Å². The number of hydrogen-bond donors (Lipinski definition) is 2. The van der Waals surface area contributed by atoms with Crippen molar-refractivity contribution in [3.05, 3.63) is 95.1 Å². The van der Waals surface area contributed by atoms with Crippen LogP contribution in [0, 0.1) is 0 Å². The highest BCUT2D eigenvalue weighted by atomic mass is 79.9. The first kappa shape index (κ1) is 20.6. The molecule has 3 N–H and O–H groups in total. The number of nitrogens with zero attached hydrogens (tertiary/aromatic N) is 2. The number of aromatic nitrogens is 2. The fourth-order valence-corrected chi connectivity index (χ4v) is 3.42. The average Bonchev–Trinajstić information content (AvgIpc) is 2.79. The Labute approximate surface area is 189 Å². The molecule has 1 heterocycles. The van der Waals surface area contributed by atoms with Gasteiger partial charge in [0.1, 0.15) is 18.1 Å². The molecule has 0 atom stereocenters. The molecule has 4 rings (SSSR count). The van der Waals surface area contributed by atoms with E-state index in [2.05, 4.69) is 32.5 Å². The molecule has 0 saturated carbocycles. The zero-order valence-corrected chi connectivity index (χ0v) is 18.2. The number of hydrogen-bond acceptors (Lipinski definition) is 5. The second-order valence-electron chi connectivity index (χ2n) is 6.91.